The molecule has 0 radical (unpaired) electrons. The highest BCUT2D eigenvalue weighted by Gasteiger charge is 2.23. The summed E-state index contributed by atoms with van der Waals surface area (Å²) in [6.07, 6.45) is -0.228. The zero-order valence-corrected chi connectivity index (χ0v) is 29.3. The smallest absolute Gasteiger partial charge is 0.303 e. The van der Waals surface area contributed by atoms with Crippen molar-refractivity contribution in [2.75, 3.05) is 6.54 Å². The van der Waals surface area contributed by atoms with Crippen LogP contribution >= 0.6 is 0 Å². The number of carboxylic acid groups (broad SMARTS) is 1. The average Bonchev–Trinajstić information content (AvgIpc) is 3.74. The van der Waals surface area contributed by atoms with E-state index in [4.69, 9.17) is 19.3 Å². The molecule has 0 unspecified atom stereocenters. The molecule has 6 rings (SSSR count). The Morgan fingerprint density at radius 1 is 0.692 bits per heavy atom. The number of hydrogen-bond acceptors (Lipinski definition) is 10. The highest BCUT2D eigenvalue weighted by molar-refractivity contribution is 7.89. The van der Waals surface area contributed by atoms with Crippen LogP contribution in [0.5, 0.6) is 0 Å². The normalized spacial score (nSPS) is 11.8. The molecule has 0 fully saturated rings. The van der Waals surface area contributed by atoms with E-state index in [2.05, 4.69) is 15.0 Å². The first-order chi connectivity index (χ1) is 24.8. The van der Waals surface area contributed by atoms with Crippen LogP contribution < -0.4 is 9.86 Å². The summed E-state index contributed by atoms with van der Waals surface area (Å²) < 4.78 is 64.1. The van der Waals surface area contributed by atoms with Gasteiger partial charge < -0.3 is 14.2 Å². The summed E-state index contributed by atoms with van der Waals surface area (Å²) >= 11 is 0. The number of hydrogen-bond donors (Lipinski definition) is 3. The molecule has 6 aromatic rings. The maximum absolute atomic E-state index is 13.3. The minimum atomic E-state index is -3.96. The molecule has 4 aromatic carbocycles. The minimum absolute atomic E-state index is 0.0254. The molecule has 0 bridgehead atoms. The summed E-state index contributed by atoms with van der Waals surface area (Å²) in [6.45, 7) is 1.71. The lowest BCUT2D eigenvalue weighted by Crippen LogP contribution is -2.26. The van der Waals surface area contributed by atoms with E-state index >= 15 is 0 Å². The van der Waals surface area contributed by atoms with Gasteiger partial charge in [-0.2, -0.15) is 0 Å². The maximum Gasteiger partial charge on any atom is 0.303 e. The van der Waals surface area contributed by atoms with E-state index in [-0.39, 0.29) is 41.4 Å². The molecule has 0 aliphatic carbocycles. The lowest BCUT2D eigenvalue weighted by Gasteiger charge is -2.09. The zero-order chi connectivity index (χ0) is 37.0. The van der Waals surface area contributed by atoms with Gasteiger partial charge >= 0.3 is 5.97 Å². The summed E-state index contributed by atoms with van der Waals surface area (Å²) in [5.74, 6) is -0.433. The second-order valence-corrected chi connectivity index (χ2v) is 15.1. The number of sulfonamides is 2. The molecule has 266 valence electrons. The quantitative estimate of drug-likeness (QED) is 0.113. The van der Waals surface area contributed by atoms with Crippen LogP contribution in [0.2, 0.25) is 0 Å². The van der Waals surface area contributed by atoms with Crippen molar-refractivity contribution in [2.24, 2.45) is 5.14 Å². The number of nitrogens with two attached hydrogens (primary N) is 1. The molecule has 0 saturated carbocycles. The SMILES string of the molecule is Cc1onc(-c2ccc(C(=O)CCC(=O)O)cc2)c1-c1ccc(S(=O)(=O)NCCc2onc(-c3ccccc3)c2-c2ccc(S(N)(=O)=O)cc2)cc1. The van der Waals surface area contributed by atoms with Crippen molar-refractivity contribution in [3.05, 3.63) is 120 Å². The zero-order valence-electron chi connectivity index (χ0n) is 27.6. The molecule has 2 heterocycles. The fourth-order valence-corrected chi connectivity index (χ4v) is 7.22. The number of carbonyl (C=O) groups excluding carboxylic acids is 1. The molecule has 0 aliphatic rings. The summed E-state index contributed by atoms with van der Waals surface area (Å²) in [5, 5.41) is 22.6. The van der Waals surface area contributed by atoms with Crippen LogP contribution in [-0.2, 0) is 31.3 Å². The highest BCUT2D eigenvalue weighted by Crippen LogP contribution is 2.36. The van der Waals surface area contributed by atoms with E-state index < -0.39 is 26.0 Å². The van der Waals surface area contributed by atoms with Crippen molar-refractivity contribution in [3.8, 4) is 44.8 Å². The predicted octanol–water partition coefficient (Wildman–Crippen LogP) is 5.85. The van der Waals surface area contributed by atoms with Gasteiger partial charge in [0, 0.05) is 36.1 Å². The molecule has 13 nitrogen and oxygen atoms in total. The summed E-state index contributed by atoms with van der Waals surface area (Å²) in [7, 11) is -7.86. The Morgan fingerprint density at radius 2 is 1.23 bits per heavy atom. The topological polar surface area (TPSA) is 213 Å². The van der Waals surface area contributed by atoms with Crippen molar-refractivity contribution < 1.29 is 40.6 Å². The molecular weight excluding hydrogens is 709 g/mol. The van der Waals surface area contributed by atoms with Crippen LogP contribution in [0.1, 0.15) is 34.7 Å². The number of aromatic nitrogens is 2. The molecule has 0 aliphatic heterocycles. The van der Waals surface area contributed by atoms with Gasteiger partial charge in [0.05, 0.1) is 27.3 Å². The first-order valence-corrected chi connectivity index (χ1v) is 18.9. The lowest BCUT2D eigenvalue weighted by atomic mass is 9.98. The van der Waals surface area contributed by atoms with Gasteiger partial charge in [-0.25, -0.2) is 26.7 Å². The number of carbonyl (C=O) groups is 2. The van der Waals surface area contributed by atoms with Gasteiger partial charge in [-0.1, -0.05) is 89.2 Å². The molecule has 52 heavy (non-hydrogen) atoms. The van der Waals surface area contributed by atoms with Crippen molar-refractivity contribution >= 4 is 31.8 Å². The Bertz CT molecular complexity index is 2460. The van der Waals surface area contributed by atoms with Crippen LogP contribution in [-0.4, -0.2) is 50.6 Å². The highest BCUT2D eigenvalue weighted by atomic mass is 32.2. The largest absolute Gasteiger partial charge is 0.481 e. The van der Waals surface area contributed by atoms with Gasteiger partial charge in [0.25, 0.3) is 0 Å². The standard InChI is InChI=1S/C37H32N4O9S2/c1-23-34(36(40-49-23)28-9-7-24(8-10-28)31(42)19-20-33(43)44)25-13-17-30(18-14-25)52(47,48)39-22-21-32-35(26-11-15-29(16-12-26)51(38,45)46)37(41-50-32)27-5-3-2-4-6-27/h2-18,39H,19-22H2,1H3,(H,43,44)(H2,38,45,46). The van der Waals surface area contributed by atoms with Gasteiger partial charge in [0.15, 0.2) is 5.78 Å². The fraction of sp³-hybridized carbons (Fsp3) is 0.135. The fourth-order valence-electron chi connectivity index (χ4n) is 5.67. The van der Waals surface area contributed by atoms with Gasteiger partial charge in [-0.3, -0.25) is 9.59 Å². The number of Topliss-reactive ketones (excluding diaryl/α,β-unsaturated/α-hetero) is 1. The Kier molecular flexibility index (Phi) is 10.3. The first kappa shape index (κ1) is 36.1. The molecule has 4 N–H and O–H groups in total. The average molecular weight is 741 g/mol. The van der Waals surface area contributed by atoms with Gasteiger partial charge in [-0.15, -0.1) is 0 Å². The van der Waals surface area contributed by atoms with Crippen LogP contribution in [0.3, 0.4) is 0 Å². The summed E-state index contributed by atoms with van der Waals surface area (Å²) in [6, 6.07) is 28.0. The Labute approximate surface area is 299 Å². The van der Waals surface area contributed by atoms with Gasteiger partial charge in [0.1, 0.15) is 22.9 Å². The molecule has 0 spiro atoms. The molecule has 0 atom stereocenters. The first-order valence-electron chi connectivity index (χ1n) is 15.9. The third-order valence-corrected chi connectivity index (χ3v) is 10.7. The number of nitrogens with zero attached hydrogens (tertiary/aromatic N) is 2. The van der Waals surface area contributed by atoms with E-state index in [0.29, 0.717) is 56.3 Å². The number of ketones is 1. The van der Waals surface area contributed by atoms with Gasteiger partial charge in [0.2, 0.25) is 20.0 Å². The monoisotopic (exact) mass is 740 g/mol. The lowest BCUT2D eigenvalue weighted by molar-refractivity contribution is -0.136. The van der Waals surface area contributed by atoms with Crippen molar-refractivity contribution in [2.45, 2.75) is 36.0 Å². The van der Waals surface area contributed by atoms with Crippen LogP contribution in [0.4, 0.5) is 0 Å². The predicted molar refractivity (Wildman–Crippen MR) is 191 cm³/mol. The van der Waals surface area contributed by atoms with Crippen LogP contribution in [0.25, 0.3) is 44.8 Å². The van der Waals surface area contributed by atoms with Crippen LogP contribution in [0, 0.1) is 6.92 Å². The molecular formula is C37H32N4O9S2. The number of aryl methyl sites for hydroxylation is 1. The van der Waals surface area contributed by atoms with Crippen molar-refractivity contribution in [1.82, 2.24) is 15.0 Å². The Balaban J connectivity index is 1.18. The molecule has 15 heteroatoms. The molecule has 0 amide bonds. The Morgan fingerprint density at radius 3 is 1.85 bits per heavy atom. The van der Waals surface area contributed by atoms with E-state index in [0.717, 1.165) is 5.56 Å². The molecule has 2 aromatic heterocycles. The number of aliphatic carboxylic acids is 1. The summed E-state index contributed by atoms with van der Waals surface area (Å²) in [5.41, 5.74) is 5.31. The second kappa shape index (κ2) is 14.9. The van der Waals surface area contributed by atoms with E-state index in [9.17, 15) is 26.4 Å². The van der Waals surface area contributed by atoms with E-state index in [1.165, 1.54) is 24.3 Å². The molecule has 0 saturated heterocycles. The Hall–Kier alpha value is -5.74. The second-order valence-electron chi connectivity index (χ2n) is 11.8. The maximum atomic E-state index is 13.3. The van der Waals surface area contributed by atoms with Crippen molar-refractivity contribution in [3.63, 3.8) is 0 Å². The van der Waals surface area contributed by atoms with E-state index in [1.54, 1.807) is 55.5 Å². The number of nitrogens with one attached hydrogen (secondary N) is 1. The number of primary sulfonamides is 1. The third kappa shape index (κ3) is 7.92. The van der Waals surface area contributed by atoms with Crippen LogP contribution in [0.15, 0.2) is 122 Å². The summed E-state index contributed by atoms with van der Waals surface area (Å²) in [4.78, 5) is 23.1. The number of rotatable bonds is 14. The minimum Gasteiger partial charge on any atom is -0.481 e. The van der Waals surface area contributed by atoms with Crippen molar-refractivity contribution in [1.29, 1.82) is 0 Å². The number of carboxylic acids is 1. The van der Waals surface area contributed by atoms with Gasteiger partial charge in [-0.05, 0) is 42.3 Å². The third-order valence-electron chi connectivity index (χ3n) is 8.29. The van der Waals surface area contributed by atoms with E-state index in [1.807, 2.05) is 30.3 Å². The number of benzene rings is 4.